The fourth-order valence-electron chi connectivity index (χ4n) is 4.07. The maximum Gasteiger partial charge on any atom is 0.264 e. The van der Waals surface area contributed by atoms with Gasteiger partial charge >= 0.3 is 0 Å². The Morgan fingerprint density at radius 3 is 2.54 bits per heavy atom. The second-order valence-corrected chi connectivity index (χ2v) is 10.5. The lowest BCUT2D eigenvalue weighted by atomic mass is 9.93. The van der Waals surface area contributed by atoms with Gasteiger partial charge in [-0.25, -0.2) is 22.8 Å². The predicted molar refractivity (Wildman–Crippen MR) is 131 cm³/mol. The fourth-order valence-corrected chi connectivity index (χ4v) is 5.47. The van der Waals surface area contributed by atoms with Gasteiger partial charge in [-0.2, -0.15) is 5.10 Å². The summed E-state index contributed by atoms with van der Waals surface area (Å²) in [4.78, 5) is 8.68. The number of aliphatic hydroxyl groups is 1. The minimum Gasteiger partial charge on any atom is -0.393 e. The SMILES string of the molecule is O=S(=O)(Nc1ccc(-c2nc(NC3CCC(O)CC3)c3cn[nH]c3n2)cc1)c1cc(Cl)ccc1F. The molecule has 182 valence electrons. The Balaban J connectivity index is 1.39. The Labute approximate surface area is 205 Å². The molecule has 0 radical (unpaired) electrons. The Morgan fingerprint density at radius 1 is 1.06 bits per heavy atom. The minimum absolute atomic E-state index is 0.113. The smallest absolute Gasteiger partial charge is 0.264 e. The van der Waals surface area contributed by atoms with Gasteiger partial charge in [0.05, 0.1) is 17.7 Å². The molecule has 1 fully saturated rings. The van der Waals surface area contributed by atoms with E-state index < -0.39 is 20.7 Å². The van der Waals surface area contributed by atoms with Gasteiger partial charge in [0.25, 0.3) is 10.0 Å². The molecule has 0 spiro atoms. The maximum absolute atomic E-state index is 14.1. The third kappa shape index (κ3) is 5.07. The Bertz CT molecular complexity index is 1470. The molecule has 12 heteroatoms. The molecular formula is C23H22ClFN6O3S. The lowest BCUT2D eigenvalue weighted by Gasteiger charge is -2.26. The average Bonchev–Trinajstić information content (AvgIpc) is 3.31. The van der Waals surface area contributed by atoms with Gasteiger partial charge in [-0.15, -0.1) is 0 Å². The first kappa shape index (κ1) is 23.5. The molecule has 2 aromatic heterocycles. The maximum atomic E-state index is 14.1. The van der Waals surface area contributed by atoms with E-state index in [9.17, 15) is 17.9 Å². The van der Waals surface area contributed by atoms with Gasteiger partial charge in [-0.1, -0.05) is 11.6 Å². The van der Waals surface area contributed by atoms with Crippen LogP contribution in [0.25, 0.3) is 22.4 Å². The summed E-state index contributed by atoms with van der Waals surface area (Å²) in [6.45, 7) is 0. The quantitative estimate of drug-likeness (QED) is 0.300. The van der Waals surface area contributed by atoms with Crippen molar-refractivity contribution in [3.63, 3.8) is 0 Å². The van der Waals surface area contributed by atoms with Crippen LogP contribution in [-0.4, -0.2) is 45.8 Å². The fraction of sp³-hybridized carbons (Fsp3) is 0.261. The van der Waals surface area contributed by atoms with Crippen molar-refractivity contribution in [2.75, 3.05) is 10.0 Å². The first-order valence-corrected chi connectivity index (χ1v) is 12.9. The summed E-state index contributed by atoms with van der Waals surface area (Å²) in [5.74, 6) is 0.170. The number of rotatable bonds is 6. The van der Waals surface area contributed by atoms with Gasteiger partial charge in [0.1, 0.15) is 16.5 Å². The van der Waals surface area contributed by atoms with Crippen LogP contribution >= 0.6 is 11.6 Å². The summed E-state index contributed by atoms with van der Waals surface area (Å²) < 4.78 is 41.7. The highest BCUT2D eigenvalue weighted by Crippen LogP contribution is 2.29. The highest BCUT2D eigenvalue weighted by molar-refractivity contribution is 7.92. The summed E-state index contributed by atoms with van der Waals surface area (Å²) in [7, 11) is -4.17. The van der Waals surface area contributed by atoms with Crippen molar-refractivity contribution in [2.24, 2.45) is 0 Å². The zero-order valence-electron chi connectivity index (χ0n) is 18.4. The summed E-state index contributed by atoms with van der Waals surface area (Å²) in [5, 5.41) is 21.0. The van der Waals surface area contributed by atoms with E-state index in [4.69, 9.17) is 11.6 Å². The number of aliphatic hydroxyl groups excluding tert-OH is 1. The van der Waals surface area contributed by atoms with E-state index in [0.717, 1.165) is 43.2 Å². The molecule has 1 aliphatic carbocycles. The number of hydrogen-bond donors (Lipinski definition) is 4. The van der Waals surface area contributed by atoms with Crippen LogP contribution in [0.4, 0.5) is 15.9 Å². The monoisotopic (exact) mass is 516 g/mol. The van der Waals surface area contributed by atoms with Crippen LogP contribution in [0, 0.1) is 5.82 Å². The average molecular weight is 517 g/mol. The Kier molecular flexibility index (Phi) is 6.30. The van der Waals surface area contributed by atoms with Crippen molar-refractivity contribution in [1.29, 1.82) is 0 Å². The number of hydrogen-bond acceptors (Lipinski definition) is 7. The molecular weight excluding hydrogens is 495 g/mol. The molecule has 0 aliphatic heterocycles. The number of nitrogens with one attached hydrogen (secondary N) is 3. The van der Waals surface area contributed by atoms with Gasteiger partial charge in [0.15, 0.2) is 11.5 Å². The highest BCUT2D eigenvalue weighted by Gasteiger charge is 2.22. The number of benzene rings is 2. The van der Waals surface area contributed by atoms with Gasteiger partial charge in [0, 0.05) is 22.3 Å². The van der Waals surface area contributed by atoms with Gasteiger partial charge in [-0.05, 0) is 68.1 Å². The highest BCUT2D eigenvalue weighted by atomic mass is 35.5. The van der Waals surface area contributed by atoms with E-state index in [1.807, 2.05) is 0 Å². The molecule has 5 rings (SSSR count). The molecule has 2 aromatic carbocycles. The summed E-state index contributed by atoms with van der Waals surface area (Å²) >= 11 is 5.83. The van der Waals surface area contributed by atoms with Crippen LogP contribution in [0.3, 0.4) is 0 Å². The Morgan fingerprint density at radius 2 is 1.80 bits per heavy atom. The van der Waals surface area contributed by atoms with Crippen molar-refractivity contribution in [2.45, 2.75) is 42.7 Å². The van der Waals surface area contributed by atoms with E-state index in [-0.39, 0.29) is 22.9 Å². The lowest BCUT2D eigenvalue weighted by molar-refractivity contribution is 0.126. The zero-order valence-corrected chi connectivity index (χ0v) is 19.9. The normalized spacial score (nSPS) is 18.5. The standard InChI is InChI=1S/C23H22ClFN6O3S/c24-14-3-10-19(25)20(11-14)35(33,34)31-16-4-1-13(2-5-16)21-28-22(18-12-26-30-23(18)29-21)27-15-6-8-17(32)9-7-15/h1-5,10-12,15,17,31-32H,6-9H2,(H2,26,27,28,29,30). The van der Waals surface area contributed by atoms with Crippen LogP contribution in [0.5, 0.6) is 0 Å². The van der Waals surface area contributed by atoms with Crippen molar-refractivity contribution in [1.82, 2.24) is 20.2 Å². The van der Waals surface area contributed by atoms with Crippen LogP contribution in [-0.2, 0) is 10.0 Å². The third-order valence-corrected chi connectivity index (χ3v) is 7.56. The summed E-state index contributed by atoms with van der Waals surface area (Å²) in [6, 6.07) is 9.96. The molecule has 1 aliphatic rings. The van der Waals surface area contributed by atoms with Gasteiger partial charge in [-0.3, -0.25) is 9.82 Å². The van der Waals surface area contributed by atoms with Crippen molar-refractivity contribution < 1.29 is 17.9 Å². The Hall–Kier alpha value is -3.28. The zero-order chi connectivity index (χ0) is 24.6. The van der Waals surface area contributed by atoms with Crippen molar-refractivity contribution in [3.8, 4) is 11.4 Å². The minimum atomic E-state index is -4.17. The van der Waals surface area contributed by atoms with Crippen molar-refractivity contribution in [3.05, 3.63) is 59.5 Å². The molecule has 0 atom stereocenters. The van der Waals surface area contributed by atoms with Crippen LogP contribution < -0.4 is 10.0 Å². The first-order chi connectivity index (χ1) is 16.8. The molecule has 35 heavy (non-hydrogen) atoms. The number of H-pyrrole nitrogens is 1. The molecule has 4 aromatic rings. The van der Waals surface area contributed by atoms with Crippen molar-refractivity contribution >= 4 is 44.2 Å². The summed E-state index contributed by atoms with van der Waals surface area (Å²) in [5.41, 5.74) is 1.46. The van der Waals surface area contributed by atoms with E-state index in [1.165, 1.54) is 6.07 Å². The largest absolute Gasteiger partial charge is 0.393 e. The number of aromatic nitrogens is 4. The van der Waals surface area contributed by atoms with E-state index in [1.54, 1.807) is 30.5 Å². The van der Waals surface area contributed by atoms with Crippen LogP contribution in [0.1, 0.15) is 25.7 Å². The van der Waals surface area contributed by atoms with Gasteiger partial charge in [0.2, 0.25) is 0 Å². The lowest BCUT2D eigenvalue weighted by Crippen LogP contribution is -2.28. The molecule has 2 heterocycles. The number of nitrogens with zero attached hydrogens (tertiary/aromatic N) is 3. The second kappa shape index (κ2) is 9.40. The van der Waals surface area contributed by atoms with Crippen LogP contribution in [0.2, 0.25) is 5.02 Å². The molecule has 0 bridgehead atoms. The molecule has 0 unspecified atom stereocenters. The number of aromatic amines is 1. The number of anilines is 2. The number of halogens is 2. The second-order valence-electron chi connectivity index (χ2n) is 8.44. The van der Waals surface area contributed by atoms with Crippen LogP contribution in [0.15, 0.2) is 53.6 Å². The van der Waals surface area contributed by atoms with E-state index in [2.05, 4.69) is 30.2 Å². The number of fused-ring (bicyclic) bond motifs is 1. The first-order valence-electron chi connectivity index (χ1n) is 11.0. The molecule has 9 nitrogen and oxygen atoms in total. The topological polar surface area (TPSA) is 133 Å². The van der Waals surface area contributed by atoms with E-state index >= 15 is 0 Å². The molecule has 1 saturated carbocycles. The molecule has 0 amide bonds. The molecule has 0 saturated heterocycles. The number of sulfonamides is 1. The third-order valence-electron chi connectivity index (χ3n) is 5.93. The van der Waals surface area contributed by atoms with Gasteiger partial charge < -0.3 is 10.4 Å². The molecule has 4 N–H and O–H groups in total. The van der Waals surface area contributed by atoms with E-state index in [0.29, 0.717) is 22.9 Å². The predicted octanol–water partition coefficient (Wildman–Crippen LogP) is 4.33. The summed E-state index contributed by atoms with van der Waals surface area (Å²) in [6.07, 6.45) is 4.55.